The van der Waals surface area contributed by atoms with Crippen LogP contribution in [0.1, 0.15) is 24.5 Å². The van der Waals surface area contributed by atoms with E-state index in [2.05, 4.69) is 16.9 Å². The molecule has 0 bridgehead atoms. The van der Waals surface area contributed by atoms with Crippen LogP contribution in [-0.2, 0) is 16.4 Å². The van der Waals surface area contributed by atoms with Crippen molar-refractivity contribution in [1.82, 2.24) is 0 Å². The first-order valence-electron chi connectivity index (χ1n) is 6.81. The van der Waals surface area contributed by atoms with E-state index in [1.54, 1.807) is 0 Å². The van der Waals surface area contributed by atoms with Gasteiger partial charge in [0.1, 0.15) is 0 Å². The molecule has 4 heteroatoms. The molecule has 1 aliphatic carbocycles. The van der Waals surface area contributed by atoms with Gasteiger partial charge in [-0.05, 0) is 47.2 Å². The van der Waals surface area contributed by atoms with Crippen LogP contribution in [0.5, 0.6) is 0 Å². The number of anilines is 1. The summed E-state index contributed by atoms with van der Waals surface area (Å²) in [5.41, 5.74) is 5.61. The molecule has 0 fully saturated rings. The standard InChI is InChI=1S/C16H17NO2S/c1-2-9-20(18,19)17-14-7-8-16-13(11-14)10-12-5-3-4-6-15(12)16/h3-8,11,17H,2,9-10H2,1H3. The minimum atomic E-state index is -3.22. The van der Waals surface area contributed by atoms with Gasteiger partial charge in [0.15, 0.2) is 0 Å². The Labute approximate surface area is 119 Å². The summed E-state index contributed by atoms with van der Waals surface area (Å²) in [5, 5.41) is 0. The fourth-order valence-electron chi connectivity index (χ4n) is 2.71. The maximum atomic E-state index is 11.8. The summed E-state index contributed by atoms with van der Waals surface area (Å²) >= 11 is 0. The Hall–Kier alpha value is -1.81. The van der Waals surface area contributed by atoms with E-state index >= 15 is 0 Å². The van der Waals surface area contributed by atoms with Crippen molar-refractivity contribution in [3.63, 3.8) is 0 Å². The van der Waals surface area contributed by atoms with E-state index in [0.717, 1.165) is 6.42 Å². The van der Waals surface area contributed by atoms with Gasteiger partial charge in [-0.2, -0.15) is 0 Å². The largest absolute Gasteiger partial charge is 0.284 e. The fourth-order valence-corrected chi connectivity index (χ4v) is 3.83. The quantitative estimate of drug-likeness (QED) is 0.799. The molecule has 0 unspecified atom stereocenters. The Morgan fingerprint density at radius 2 is 1.80 bits per heavy atom. The molecule has 0 saturated heterocycles. The van der Waals surface area contributed by atoms with Crippen molar-refractivity contribution in [3.8, 4) is 11.1 Å². The topological polar surface area (TPSA) is 46.2 Å². The first-order chi connectivity index (χ1) is 9.59. The smallest absolute Gasteiger partial charge is 0.232 e. The van der Waals surface area contributed by atoms with Crippen LogP contribution < -0.4 is 4.72 Å². The number of sulfonamides is 1. The van der Waals surface area contributed by atoms with Gasteiger partial charge >= 0.3 is 0 Å². The minimum Gasteiger partial charge on any atom is -0.284 e. The van der Waals surface area contributed by atoms with Crippen molar-refractivity contribution in [2.24, 2.45) is 0 Å². The lowest BCUT2D eigenvalue weighted by Gasteiger charge is -2.09. The number of rotatable bonds is 4. The van der Waals surface area contributed by atoms with Gasteiger partial charge in [0.2, 0.25) is 10.0 Å². The zero-order chi connectivity index (χ0) is 14.2. The van der Waals surface area contributed by atoms with Crippen molar-refractivity contribution in [2.75, 3.05) is 10.5 Å². The number of nitrogens with one attached hydrogen (secondary N) is 1. The predicted octanol–water partition coefficient (Wildman–Crippen LogP) is 3.41. The van der Waals surface area contributed by atoms with Crippen molar-refractivity contribution in [2.45, 2.75) is 19.8 Å². The number of hydrogen-bond acceptors (Lipinski definition) is 2. The van der Waals surface area contributed by atoms with Gasteiger partial charge in [0, 0.05) is 5.69 Å². The van der Waals surface area contributed by atoms with Crippen LogP contribution in [0.3, 0.4) is 0 Å². The van der Waals surface area contributed by atoms with Gasteiger partial charge < -0.3 is 0 Å². The SMILES string of the molecule is CCCS(=O)(=O)Nc1ccc2c(c1)Cc1ccccc1-2. The number of fused-ring (bicyclic) bond motifs is 3. The zero-order valence-corrected chi connectivity index (χ0v) is 12.2. The van der Waals surface area contributed by atoms with E-state index < -0.39 is 10.0 Å². The molecular formula is C16H17NO2S. The molecule has 0 saturated carbocycles. The average Bonchev–Trinajstić information content (AvgIpc) is 2.75. The van der Waals surface area contributed by atoms with E-state index in [1.165, 1.54) is 22.3 Å². The molecule has 1 aliphatic rings. The minimum absolute atomic E-state index is 0.157. The van der Waals surface area contributed by atoms with Crippen molar-refractivity contribution in [1.29, 1.82) is 0 Å². The average molecular weight is 287 g/mol. The summed E-state index contributed by atoms with van der Waals surface area (Å²) in [5.74, 6) is 0.157. The lowest BCUT2D eigenvalue weighted by Crippen LogP contribution is -2.16. The molecule has 0 radical (unpaired) electrons. The van der Waals surface area contributed by atoms with E-state index in [-0.39, 0.29) is 5.75 Å². The van der Waals surface area contributed by atoms with Crippen molar-refractivity contribution in [3.05, 3.63) is 53.6 Å². The molecule has 0 atom stereocenters. The van der Waals surface area contributed by atoms with Gasteiger partial charge in [0.05, 0.1) is 5.75 Å². The van der Waals surface area contributed by atoms with Gasteiger partial charge in [-0.1, -0.05) is 37.3 Å². The van der Waals surface area contributed by atoms with Crippen LogP contribution in [0, 0.1) is 0 Å². The zero-order valence-electron chi connectivity index (χ0n) is 11.4. The maximum absolute atomic E-state index is 11.8. The first kappa shape index (κ1) is 13.2. The molecule has 20 heavy (non-hydrogen) atoms. The van der Waals surface area contributed by atoms with E-state index in [0.29, 0.717) is 12.1 Å². The van der Waals surface area contributed by atoms with Crippen LogP contribution in [0.2, 0.25) is 0 Å². The third-order valence-corrected chi connectivity index (χ3v) is 5.03. The predicted molar refractivity (Wildman–Crippen MR) is 82.4 cm³/mol. The lowest BCUT2D eigenvalue weighted by atomic mass is 10.1. The highest BCUT2D eigenvalue weighted by molar-refractivity contribution is 7.92. The Morgan fingerprint density at radius 1 is 1.05 bits per heavy atom. The van der Waals surface area contributed by atoms with Gasteiger partial charge in [-0.15, -0.1) is 0 Å². The Morgan fingerprint density at radius 3 is 2.60 bits per heavy atom. The molecule has 3 nitrogen and oxygen atoms in total. The third kappa shape index (κ3) is 2.43. The summed E-state index contributed by atoms with van der Waals surface area (Å²) in [7, 11) is -3.22. The summed E-state index contributed by atoms with van der Waals surface area (Å²) in [6.45, 7) is 1.86. The highest BCUT2D eigenvalue weighted by atomic mass is 32.2. The summed E-state index contributed by atoms with van der Waals surface area (Å²) < 4.78 is 26.3. The second-order valence-electron chi connectivity index (χ2n) is 5.13. The molecule has 104 valence electrons. The van der Waals surface area contributed by atoms with Crippen LogP contribution in [0.15, 0.2) is 42.5 Å². The normalized spacial score (nSPS) is 12.8. The van der Waals surface area contributed by atoms with Crippen molar-refractivity contribution < 1.29 is 8.42 Å². The molecule has 0 spiro atoms. The van der Waals surface area contributed by atoms with E-state index in [9.17, 15) is 8.42 Å². The molecule has 0 aromatic heterocycles. The molecule has 3 rings (SSSR count). The van der Waals surface area contributed by atoms with Crippen LogP contribution in [0.25, 0.3) is 11.1 Å². The molecule has 0 aliphatic heterocycles. The summed E-state index contributed by atoms with van der Waals surface area (Å²) in [6.07, 6.45) is 1.49. The van der Waals surface area contributed by atoms with Crippen LogP contribution in [0.4, 0.5) is 5.69 Å². The monoisotopic (exact) mass is 287 g/mol. The second-order valence-corrected chi connectivity index (χ2v) is 6.97. The van der Waals surface area contributed by atoms with Crippen LogP contribution in [-0.4, -0.2) is 14.2 Å². The summed E-state index contributed by atoms with van der Waals surface area (Å²) in [4.78, 5) is 0. The Balaban J connectivity index is 1.91. The van der Waals surface area contributed by atoms with Gasteiger partial charge in [-0.3, -0.25) is 4.72 Å². The van der Waals surface area contributed by atoms with E-state index in [4.69, 9.17) is 0 Å². The fraction of sp³-hybridized carbons (Fsp3) is 0.250. The first-order valence-corrected chi connectivity index (χ1v) is 8.46. The molecule has 0 amide bonds. The second kappa shape index (κ2) is 4.94. The van der Waals surface area contributed by atoms with Crippen LogP contribution >= 0.6 is 0 Å². The Kier molecular flexibility index (Phi) is 3.26. The molecule has 2 aromatic carbocycles. The van der Waals surface area contributed by atoms with Gasteiger partial charge in [0.25, 0.3) is 0 Å². The third-order valence-electron chi connectivity index (χ3n) is 3.54. The van der Waals surface area contributed by atoms with Crippen molar-refractivity contribution >= 4 is 15.7 Å². The molecule has 2 aromatic rings. The summed E-state index contributed by atoms with van der Waals surface area (Å²) in [6, 6.07) is 14.1. The molecule has 1 N–H and O–H groups in total. The van der Waals surface area contributed by atoms with E-state index in [1.807, 2.05) is 37.3 Å². The maximum Gasteiger partial charge on any atom is 0.232 e. The lowest BCUT2D eigenvalue weighted by molar-refractivity contribution is 0.600. The number of benzene rings is 2. The number of hydrogen-bond donors (Lipinski definition) is 1. The highest BCUT2D eigenvalue weighted by Crippen LogP contribution is 2.37. The Bertz CT molecular complexity index is 751. The van der Waals surface area contributed by atoms with Gasteiger partial charge in [-0.25, -0.2) is 8.42 Å². The highest BCUT2D eigenvalue weighted by Gasteiger charge is 2.18. The molecular weight excluding hydrogens is 270 g/mol. The molecule has 0 heterocycles.